The Balaban J connectivity index is 1.66. The molecule has 3 heterocycles. The summed E-state index contributed by atoms with van der Waals surface area (Å²) >= 11 is 0. The number of nitrogens with zero attached hydrogens (tertiary/aromatic N) is 4. The summed E-state index contributed by atoms with van der Waals surface area (Å²) in [4.78, 5) is 12.6. The molecule has 0 fully saturated rings. The van der Waals surface area contributed by atoms with E-state index in [4.69, 9.17) is 5.73 Å². The van der Waals surface area contributed by atoms with Crippen LogP contribution in [0.15, 0.2) is 48.8 Å². The lowest BCUT2D eigenvalue weighted by molar-refractivity contribution is 0.639. The number of nitrogen functional groups attached to an aromatic ring is 1. The van der Waals surface area contributed by atoms with E-state index in [-0.39, 0.29) is 5.95 Å². The Kier molecular flexibility index (Phi) is 4.14. The summed E-state index contributed by atoms with van der Waals surface area (Å²) in [5.74, 6) is 0.0201. The van der Waals surface area contributed by atoms with Gasteiger partial charge in [-0.25, -0.2) is 9.37 Å². The molecule has 0 atom stereocenters. The van der Waals surface area contributed by atoms with E-state index in [1.54, 1.807) is 24.5 Å². The first-order chi connectivity index (χ1) is 12.7. The summed E-state index contributed by atoms with van der Waals surface area (Å²) in [6.07, 6.45) is 4.10. The highest BCUT2D eigenvalue weighted by molar-refractivity contribution is 5.93. The van der Waals surface area contributed by atoms with E-state index >= 15 is 0 Å². The monoisotopic (exact) mass is 349 g/mol. The number of halogens is 1. The van der Waals surface area contributed by atoms with Crippen LogP contribution in [0.1, 0.15) is 5.69 Å². The number of hydrogen-bond acceptors (Lipinski definition) is 6. The molecule has 0 radical (unpaired) electrons. The standard InChI is InChI=1S/C18H16FN7/c19-13-9-11(14-5-8-23-26-14)10-15-16(13)17(25-18(20)24-15)22-7-4-12-3-1-2-6-21-12/h1-3,5-6,8-10H,4,7H2,(H,23,26)(H3,20,22,24,25). The van der Waals surface area contributed by atoms with Gasteiger partial charge in [0.1, 0.15) is 11.6 Å². The van der Waals surface area contributed by atoms with Gasteiger partial charge in [0.05, 0.1) is 16.6 Å². The number of H-pyrrole nitrogens is 1. The highest BCUT2D eigenvalue weighted by Crippen LogP contribution is 2.29. The van der Waals surface area contributed by atoms with Crippen LogP contribution < -0.4 is 11.1 Å². The van der Waals surface area contributed by atoms with E-state index < -0.39 is 5.82 Å². The van der Waals surface area contributed by atoms with Gasteiger partial charge in [-0.15, -0.1) is 0 Å². The van der Waals surface area contributed by atoms with E-state index in [2.05, 4.69) is 30.5 Å². The maximum absolute atomic E-state index is 14.8. The lowest BCUT2D eigenvalue weighted by Gasteiger charge is -2.11. The molecule has 0 amide bonds. The molecule has 3 aromatic heterocycles. The summed E-state index contributed by atoms with van der Waals surface area (Å²) in [5.41, 5.74) is 8.42. The highest BCUT2D eigenvalue weighted by Gasteiger charge is 2.14. The zero-order chi connectivity index (χ0) is 17.9. The van der Waals surface area contributed by atoms with Crippen LogP contribution in [0, 0.1) is 5.82 Å². The van der Waals surface area contributed by atoms with E-state index in [9.17, 15) is 4.39 Å². The minimum Gasteiger partial charge on any atom is -0.369 e. The molecule has 7 nitrogen and oxygen atoms in total. The first-order valence-corrected chi connectivity index (χ1v) is 8.11. The summed E-state index contributed by atoms with van der Waals surface area (Å²) in [6.45, 7) is 0.545. The van der Waals surface area contributed by atoms with Gasteiger partial charge >= 0.3 is 0 Å². The third-order valence-corrected chi connectivity index (χ3v) is 3.96. The number of aromatic amines is 1. The number of benzene rings is 1. The van der Waals surface area contributed by atoms with E-state index in [1.807, 2.05) is 18.2 Å². The predicted molar refractivity (Wildman–Crippen MR) is 97.9 cm³/mol. The molecular formula is C18H16FN7. The van der Waals surface area contributed by atoms with Crippen molar-refractivity contribution in [3.8, 4) is 11.3 Å². The lowest BCUT2D eigenvalue weighted by atomic mass is 10.1. The highest BCUT2D eigenvalue weighted by atomic mass is 19.1. The summed E-state index contributed by atoms with van der Waals surface area (Å²) in [5, 5.41) is 10.2. The quantitative estimate of drug-likeness (QED) is 0.512. The van der Waals surface area contributed by atoms with E-state index in [0.717, 1.165) is 5.69 Å². The topological polar surface area (TPSA) is 105 Å². The first kappa shape index (κ1) is 15.9. The van der Waals surface area contributed by atoms with Gasteiger partial charge in [-0.2, -0.15) is 10.1 Å². The SMILES string of the molecule is Nc1nc(NCCc2ccccn2)c2c(F)cc(-c3cc[nH]n3)cc2n1. The minimum atomic E-state index is -0.430. The third kappa shape index (κ3) is 3.16. The van der Waals surface area contributed by atoms with Crippen molar-refractivity contribution in [3.05, 3.63) is 60.3 Å². The number of pyridine rings is 1. The van der Waals surface area contributed by atoms with Crippen molar-refractivity contribution in [3.63, 3.8) is 0 Å². The summed E-state index contributed by atoms with van der Waals surface area (Å²) in [7, 11) is 0. The van der Waals surface area contributed by atoms with E-state index in [1.165, 1.54) is 6.07 Å². The Hall–Kier alpha value is -3.55. The molecule has 0 bridgehead atoms. The molecule has 0 spiro atoms. The molecular weight excluding hydrogens is 333 g/mol. The number of nitrogens with two attached hydrogens (primary N) is 1. The molecule has 4 aromatic rings. The largest absolute Gasteiger partial charge is 0.369 e. The van der Waals surface area contributed by atoms with Crippen LogP contribution in [0.5, 0.6) is 0 Å². The fourth-order valence-corrected chi connectivity index (χ4v) is 2.79. The van der Waals surface area contributed by atoms with Crippen LogP contribution in [-0.4, -0.2) is 31.7 Å². The van der Waals surface area contributed by atoms with Crippen molar-refractivity contribution in [1.29, 1.82) is 0 Å². The molecule has 0 aliphatic rings. The van der Waals surface area contributed by atoms with Crippen molar-refractivity contribution in [2.24, 2.45) is 0 Å². The van der Waals surface area contributed by atoms with Gasteiger partial charge in [0.25, 0.3) is 0 Å². The Labute approximate surface area is 148 Å². The Bertz CT molecular complexity index is 1030. The van der Waals surface area contributed by atoms with Crippen molar-refractivity contribution < 1.29 is 4.39 Å². The molecule has 26 heavy (non-hydrogen) atoms. The van der Waals surface area contributed by atoms with Crippen molar-refractivity contribution in [2.75, 3.05) is 17.6 Å². The number of hydrogen-bond donors (Lipinski definition) is 3. The molecule has 0 aliphatic heterocycles. The Morgan fingerprint density at radius 2 is 2.08 bits per heavy atom. The van der Waals surface area contributed by atoms with E-state index in [0.29, 0.717) is 40.9 Å². The molecule has 1 aromatic carbocycles. The number of aromatic nitrogens is 5. The lowest BCUT2D eigenvalue weighted by Crippen LogP contribution is -2.10. The third-order valence-electron chi connectivity index (χ3n) is 3.96. The predicted octanol–water partition coefficient (Wildman–Crippen LogP) is 2.79. The summed E-state index contributed by atoms with van der Waals surface area (Å²) in [6, 6.07) is 10.7. The van der Waals surface area contributed by atoms with Crippen LogP contribution >= 0.6 is 0 Å². The second-order valence-electron chi connectivity index (χ2n) is 5.74. The number of rotatable bonds is 5. The minimum absolute atomic E-state index is 0.0800. The maximum atomic E-state index is 14.8. The van der Waals surface area contributed by atoms with Crippen LogP contribution in [-0.2, 0) is 6.42 Å². The fraction of sp³-hybridized carbons (Fsp3) is 0.111. The Morgan fingerprint density at radius 3 is 2.85 bits per heavy atom. The van der Waals surface area contributed by atoms with Gasteiger partial charge < -0.3 is 11.1 Å². The molecule has 0 aliphatic carbocycles. The van der Waals surface area contributed by atoms with Gasteiger partial charge in [-0.05, 0) is 30.3 Å². The fourth-order valence-electron chi connectivity index (χ4n) is 2.79. The normalized spacial score (nSPS) is 11.0. The molecule has 0 saturated carbocycles. The van der Waals surface area contributed by atoms with Crippen molar-refractivity contribution >= 4 is 22.7 Å². The molecule has 4 rings (SSSR count). The number of anilines is 2. The smallest absolute Gasteiger partial charge is 0.222 e. The van der Waals surface area contributed by atoms with Crippen LogP contribution in [0.4, 0.5) is 16.2 Å². The molecule has 0 unspecified atom stereocenters. The Morgan fingerprint density at radius 1 is 1.15 bits per heavy atom. The zero-order valence-electron chi connectivity index (χ0n) is 13.8. The van der Waals surface area contributed by atoms with Gasteiger partial charge in [-0.3, -0.25) is 10.1 Å². The van der Waals surface area contributed by atoms with Gasteiger partial charge in [-0.1, -0.05) is 6.07 Å². The molecule has 8 heteroatoms. The van der Waals surface area contributed by atoms with Gasteiger partial charge in [0.15, 0.2) is 0 Å². The average Bonchev–Trinajstić information content (AvgIpc) is 3.16. The average molecular weight is 349 g/mol. The number of fused-ring (bicyclic) bond motifs is 1. The van der Waals surface area contributed by atoms with Crippen molar-refractivity contribution in [1.82, 2.24) is 25.1 Å². The maximum Gasteiger partial charge on any atom is 0.222 e. The van der Waals surface area contributed by atoms with Crippen LogP contribution in [0.25, 0.3) is 22.2 Å². The second kappa shape index (κ2) is 6.75. The van der Waals surface area contributed by atoms with Gasteiger partial charge in [0.2, 0.25) is 5.95 Å². The van der Waals surface area contributed by atoms with Gasteiger partial charge in [0, 0.05) is 36.6 Å². The number of nitrogens with one attached hydrogen (secondary N) is 2. The second-order valence-corrected chi connectivity index (χ2v) is 5.74. The molecule has 130 valence electrons. The van der Waals surface area contributed by atoms with Crippen molar-refractivity contribution in [2.45, 2.75) is 6.42 Å². The first-order valence-electron chi connectivity index (χ1n) is 8.11. The van der Waals surface area contributed by atoms with Crippen LogP contribution in [0.3, 0.4) is 0 Å². The van der Waals surface area contributed by atoms with Crippen LogP contribution in [0.2, 0.25) is 0 Å². The molecule has 0 saturated heterocycles. The zero-order valence-corrected chi connectivity index (χ0v) is 13.8. The summed E-state index contributed by atoms with van der Waals surface area (Å²) < 4.78 is 14.8. The molecule has 4 N–H and O–H groups in total.